The third kappa shape index (κ3) is 5.00. The van der Waals surface area contributed by atoms with Crippen molar-refractivity contribution in [2.75, 3.05) is 6.54 Å². The van der Waals surface area contributed by atoms with Crippen LogP contribution in [0.15, 0.2) is 0 Å². The maximum atomic E-state index is 11.5. The fraction of sp³-hybridized carbons (Fsp3) is 0.818. The number of amides is 2. The molecule has 0 bridgehead atoms. The van der Waals surface area contributed by atoms with Crippen LogP contribution in [0.3, 0.4) is 0 Å². The van der Waals surface area contributed by atoms with Crippen molar-refractivity contribution in [3.8, 4) is 0 Å². The van der Waals surface area contributed by atoms with Gasteiger partial charge in [-0.25, -0.2) is 4.79 Å². The first-order valence-electron chi connectivity index (χ1n) is 5.77. The summed E-state index contributed by atoms with van der Waals surface area (Å²) in [5, 5.41) is 13.9. The van der Waals surface area contributed by atoms with Crippen molar-refractivity contribution in [2.45, 2.75) is 52.0 Å². The van der Waals surface area contributed by atoms with E-state index in [1.54, 1.807) is 0 Å². The zero-order valence-corrected chi connectivity index (χ0v) is 10.3. The second kappa shape index (κ2) is 7.09. The average molecular weight is 230 g/mol. The molecule has 0 aromatic rings. The van der Waals surface area contributed by atoms with E-state index >= 15 is 0 Å². The molecule has 0 atom stereocenters. The molecule has 0 aliphatic rings. The average Bonchev–Trinajstić information content (AvgIpc) is 2.25. The van der Waals surface area contributed by atoms with Crippen LogP contribution in [0.5, 0.6) is 0 Å². The summed E-state index contributed by atoms with van der Waals surface area (Å²) in [6.07, 6.45) is 2.55. The molecule has 5 nitrogen and oxygen atoms in total. The van der Waals surface area contributed by atoms with Crippen molar-refractivity contribution < 1.29 is 14.7 Å². The molecule has 0 aliphatic carbocycles. The minimum absolute atomic E-state index is 0.0508. The molecule has 0 unspecified atom stereocenters. The molecular weight excluding hydrogens is 208 g/mol. The summed E-state index contributed by atoms with van der Waals surface area (Å²) >= 11 is 0. The SMILES string of the molecule is CCC(CC)(CC)NC(=O)NCCC(=O)O. The highest BCUT2D eigenvalue weighted by molar-refractivity contribution is 5.75. The predicted octanol–water partition coefficient (Wildman–Crippen LogP) is 1.73. The summed E-state index contributed by atoms with van der Waals surface area (Å²) in [7, 11) is 0. The zero-order valence-electron chi connectivity index (χ0n) is 10.3. The number of carboxylic acid groups (broad SMARTS) is 1. The Morgan fingerprint density at radius 1 is 1.12 bits per heavy atom. The number of urea groups is 1. The van der Waals surface area contributed by atoms with Crippen LogP contribution in [0, 0.1) is 0 Å². The van der Waals surface area contributed by atoms with E-state index in [0.717, 1.165) is 19.3 Å². The second-order valence-electron chi connectivity index (χ2n) is 3.87. The Balaban J connectivity index is 4.05. The lowest BCUT2D eigenvalue weighted by Crippen LogP contribution is -2.51. The number of rotatable bonds is 7. The van der Waals surface area contributed by atoms with Crippen LogP contribution >= 0.6 is 0 Å². The van der Waals surface area contributed by atoms with Crippen LogP contribution in [-0.4, -0.2) is 29.2 Å². The summed E-state index contributed by atoms with van der Waals surface area (Å²) in [5.41, 5.74) is -0.173. The van der Waals surface area contributed by atoms with E-state index in [2.05, 4.69) is 10.6 Å². The number of carboxylic acids is 1. The molecule has 16 heavy (non-hydrogen) atoms. The Morgan fingerprint density at radius 2 is 1.62 bits per heavy atom. The highest BCUT2D eigenvalue weighted by Crippen LogP contribution is 2.18. The highest BCUT2D eigenvalue weighted by Gasteiger charge is 2.25. The van der Waals surface area contributed by atoms with Crippen LogP contribution in [-0.2, 0) is 4.79 Å². The Morgan fingerprint density at radius 3 is 2.00 bits per heavy atom. The normalized spacial score (nSPS) is 10.9. The first-order valence-corrected chi connectivity index (χ1v) is 5.77. The number of carbonyl (C=O) groups excluding carboxylic acids is 1. The van der Waals surface area contributed by atoms with Gasteiger partial charge in [-0.15, -0.1) is 0 Å². The van der Waals surface area contributed by atoms with E-state index in [0.29, 0.717) is 0 Å². The molecule has 0 aromatic heterocycles. The fourth-order valence-electron chi connectivity index (χ4n) is 1.58. The Kier molecular flexibility index (Phi) is 6.53. The van der Waals surface area contributed by atoms with Crippen LogP contribution in [0.25, 0.3) is 0 Å². The van der Waals surface area contributed by atoms with Crippen molar-refractivity contribution in [3.63, 3.8) is 0 Å². The molecule has 0 saturated carbocycles. The molecule has 0 radical (unpaired) electrons. The van der Waals surface area contributed by atoms with Gasteiger partial charge in [0.2, 0.25) is 0 Å². The number of hydrogen-bond donors (Lipinski definition) is 3. The summed E-state index contributed by atoms with van der Waals surface area (Å²) < 4.78 is 0. The quantitative estimate of drug-likeness (QED) is 0.623. The Bertz CT molecular complexity index is 229. The third-order valence-electron chi connectivity index (χ3n) is 3.03. The van der Waals surface area contributed by atoms with E-state index in [4.69, 9.17) is 5.11 Å². The summed E-state index contributed by atoms with van der Waals surface area (Å²) in [5.74, 6) is -0.909. The molecule has 2 amide bonds. The molecule has 0 rings (SSSR count). The smallest absolute Gasteiger partial charge is 0.315 e. The van der Waals surface area contributed by atoms with Gasteiger partial charge in [0.1, 0.15) is 0 Å². The van der Waals surface area contributed by atoms with Crippen molar-refractivity contribution in [1.29, 1.82) is 0 Å². The van der Waals surface area contributed by atoms with Gasteiger partial charge in [0.05, 0.1) is 6.42 Å². The topological polar surface area (TPSA) is 78.4 Å². The monoisotopic (exact) mass is 230 g/mol. The van der Waals surface area contributed by atoms with Gasteiger partial charge >= 0.3 is 12.0 Å². The third-order valence-corrected chi connectivity index (χ3v) is 3.03. The largest absolute Gasteiger partial charge is 0.481 e. The zero-order chi connectivity index (χ0) is 12.6. The van der Waals surface area contributed by atoms with Crippen LogP contribution in [0.4, 0.5) is 4.79 Å². The molecule has 0 saturated heterocycles. The first kappa shape index (κ1) is 14.7. The highest BCUT2D eigenvalue weighted by atomic mass is 16.4. The van der Waals surface area contributed by atoms with E-state index in [9.17, 15) is 9.59 Å². The van der Waals surface area contributed by atoms with Crippen molar-refractivity contribution in [3.05, 3.63) is 0 Å². The van der Waals surface area contributed by atoms with E-state index in [1.165, 1.54) is 0 Å². The molecule has 5 heteroatoms. The lowest BCUT2D eigenvalue weighted by atomic mass is 9.90. The van der Waals surface area contributed by atoms with Crippen LogP contribution in [0.2, 0.25) is 0 Å². The molecule has 3 N–H and O–H groups in total. The minimum atomic E-state index is -0.909. The van der Waals surface area contributed by atoms with Crippen molar-refractivity contribution in [2.24, 2.45) is 0 Å². The van der Waals surface area contributed by atoms with Gasteiger partial charge in [0.15, 0.2) is 0 Å². The van der Waals surface area contributed by atoms with Gasteiger partial charge in [-0.3, -0.25) is 4.79 Å². The Hall–Kier alpha value is -1.26. The maximum Gasteiger partial charge on any atom is 0.315 e. The van der Waals surface area contributed by atoms with E-state index in [1.807, 2.05) is 20.8 Å². The van der Waals surface area contributed by atoms with Gasteiger partial charge in [0.25, 0.3) is 0 Å². The van der Waals surface area contributed by atoms with E-state index in [-0.39, 0.29) is 24.5 Å². The number of carbonyl (C=O) groups is 2. The molecule has 0 fully saturated rings. The molecule has 94 valence electrons. The van der Waals surface area contributed by atoms with Gasteiger partial charge in [-0.1, -0.05) is 20.8 Å². The summed E-state index contributed by atoms with van der Waals surface area (Å²) in [6.45, 7) is 6.26. The molecule has 0 aromatic carbocycles. The molecule has 0 aliphatic heterocycles. The van der Waals surface area contributed by atoms with Crippen molar-refractivity contribution >= 4 is 12.0 Å². The molecule has 0 heterocycles. The lowest BCUT2D eigenvalue weighted by Gasteiger charge is -2.31. The van der Waals surface area contributed by atoms with Crippen molar-refractivity contribution in [1.82, 2.24) is 10.6 Å². The maximum absolute atomic E-state index is 11.5. The summed E-state index contributed by atoms with van der Waals surface area (Å²) in [6, 6.07) is -0.285. The standard InChI is InChI=1S/C11H22N2O3/c1-4-11(5-2,6-3)13-10(16)12-8-7-9(14)15/h4-8H2,1-3H3,(H,14,15)(H2,12,13,16). The van der Waals surface area contributed by atoms with Gasteiger partial charge < -0.3 is 15.7 Å². The van der Waals surface area contributed by atoms with Gasteiger partial charge in [-0.05, 0) is 19.3 Å². The second-order valence-corrected chi connectivity index (χ2v) is 3.87. The Labute approximate surface area is 96.6 Å². The first-order chi connectivity index (χ1) is 7.49. The number of nitrogens with one attached hydrogen (secondary N) is 2. The van der Waals surface area contributed by atoms with E-state index < -0.39 is 5.97 Å². The van der Waals surface area contributed by atoms with Crippen LogP contribution in [0.1, 0.15) is 46.5 Å². The fourth-order valence-corrected chi connectivity index (χ4v) is 1.58. The minimum Gasteiger partial charge on any atom is -0.481 e. The predicted molar refractivity (Wildman–Crippen MR) is 62.4 cm³/mol. The molecule has 0 spiro atoms. The van der Waals surface area contributed by atoms with Crippen LogP contribution < -0.4 is 10.6 Å². The molecular formula is C11H22N2O3. The number of hydrogen-bond acceptors (Lipinski definition) is 2. The summed E-state index contributed by atoms with van der Waals surface area (Å²) in [4.78, 5) is 21.8. The van der Waals surface area contributed by atoms with Gasteiger partial charge in [0, 0.05) is 12.1 Å². The number of aliphatic carboxylic acids is 1. The van der Waals surface area contributed by atoms with Gasteiger partial charge in [-0.2, -0.15) is 0 Å². The lowest BCUT2D eigenvalue weighted by molar-refractivity contribution is -0.136.